The number of nitro groups is 1. The van der Waals surface area contributed by atoms with Crippen LogP contribution in [0.5, 0.6) is 0 Å². The molecular weight excluding hydrogens is 300 g/mol. The fourth-order valence-electron chi connectivity index (χ4n) is 2.07. The van der Waals surface area contributed by atoms with Crippen LogP contribution in [0.15, 0.2) is 54.6 Å². The maximum Gasteiger partial charge on any atom is 0.330 e. The van der Waals surface area contributed by atoms with Crippen LogP contribution in [0.3, 0.4) is 0 Å². The van der Waals surface area contributed by atoms with Gasteiger partial charge < -0.3 is 10.4 Å². The third-order valence-electron chi connectivity index (χ3n) is 3.20. The maximum atomic E-state index is 12.0. The first-order valence-electron chi connectivity index (χ1n) is 6.78. The Bertz CT molecular complexity index is 713. The highest BCUT2D eigenvalue weighted by Crippen LogP contribution is 2.15. The summed E-state index contributed by atoms with van der Waals surface area (Å²) in [4.78, 5) is 33.4. The second kappa shape index (κ2) is 7.17. The highest BCUT2D eigenvalue weighted by atomic mass is 16.6. The second-order valence-corrected chi connectivity index (χ2v) is 4.85. The largest absolute Gasteiger partial charge is 0.479 e. The Morgan fingerprint density at radius 1 is 1.09 bits per heavy atom. The fourth-order valence-corrected chi connectivity index (χ4v) is 2.07. The number of carbonyl (C=O) groups excluding carboxylic acids is 1. The zero-order valence-electron chi connectivity index (χ0n) is 12.0. The summed E-state index contributed by atoms with van der Waals surface area (Å²) in [6.45, 7) is 0. The molecule has 0 fully saturated rings. The van der Waals surface area contributed by atoms with E-state index in [-0.39, 0.29) is 12.1 Å². The number of hydrogen-bond donors (Lipinski definition) is 2. The van der Waals surface area contributed by atoms with Crippen molar-refractivity contribution < 1.29 is 19.6 Å². The number of aliphatic carboxylic acids is 1. The number of carbonyl (C=O) groups is 2. The highest BCUT2D eigenvalue weighted by molar-refractivity contribution is 5.85. The van der Waals surface area contributed by atoms with E-state index >= 15 is 0 Å². The number of nitrogens with one attached hydrogen (secondary N) is 1. The van der Waals surface area contributed by atoms with Crippen molar-refractivity contribution in [3.05, 3.63) is 75.8 Å². The predicted octanol–water partition coefficient (Wildman–Crippen LogP) is 2.08. The molecule has 0 heterocycles. The molecule has 0 saturated carbocycles. The van der Waals surface area contributed by atoms with Gasteiger partial charge in [0.05, 0.1) is 11.3 Å². The van der Waals surface area contributed by atoms with Crippen LogP contribution in [0.25, 0.3) is 0 Å². The van der Waals surface area contributed by atoms with Crippen LogP contribution >= 0.6 is 0 Å². The molecule has 1 atom stereocenters. The van der Waals surface area contributed by atoms with E-state index in [1.165, 1.54) is 24.3 Å². The van der Waals surface area contributed by atoms with E-state index in [0.717, 1.165) is 0 Å². The third-order valence-corrected chi connectivity index (χ3v) is 3.20. The van der Waals surface area contributed by atoms with Crippen LogP contribution in [0.1, 0.15) is 17.2 Å². The van der Waals surface area contributed by atoms with Gasteiger partial charge in [-0.25, -0.2) is 4.79 Å². The molecule has 7 nitrogen and oxygen atoms in total. The fraction of sp³-hybridized carbons (Fsp3) is 0.125. The van der Waals surface area contributed by atoms with Crippen LogP contribution in [-0.4, -0.2) is 21.9 Å². The molecule has 0 aliphatic rings. The van der Waals surface area contributed by atoms with Gasteiger partial charge in [0.15, 0.2) is 6.04 Å². The number of amides is 1. The normalized spacial score (nSPS) is 11.5. The zero-order chi connectivity index (χ0) is 16.8. The van der Waals surface area contributed by atoms with Crippen molar-refractivity contribution in [2.45, 2.75) is 12.5 Å². The number of nitro benzene ring substituents is 1. The zero-order valence-corrected chi connectivity index (χ0v) is 12.0. The topological polar surface area (TPSA) is 110 Å². The van der Waals surface area contributed by atoms with Crippen molar-refractivity contribution in [2.24, 2.45) is 0 Å². The Morgan fingerprint density at radius 3 is 2.22 bits per heavy atom. The van der Waals surface area contributed by atoms with E-state index in [1.54, 1.807) is 30.3 Å². The number of benzene rings is 2. The molecule has 2 rings (SSSR count). The quantitative estimate of drug-likeness (QED) is 0.626. The number of carboxylic acid groups (broad SMARTS) is 1. The van der Waals surface area contributed by atoms with Gasteiger partial charge in [-0.15, -0.1) is 0 Å². The third kappa shape index (κ3) is 4.37. The molecule has 0 radical (unpaired) electrons. The smallest absolute Gasteiger partial charge is 0.330 e. The van der Waals surface area contributed by atoms with Crippen LogP contribution in [0.4, 0.5) is 5.69 Å². The van der Waals surface area contributed by atoms with Crippen molar-refractivity contribution in [2.75, 3.05) is 0 Å². The molecule has 0 saturated heterocycles. The van der Waals surface area contributed by atoms with Gasteiger partial charge in [0, 0.05) is 12.1 Å². The highest BCUT2D eigenvalue weighted by Gasteiger charge is 2.21. The molecule has 2 aromatic rings. The molecule has 0 aliphatic carbocycles. The molecule has 1 amide bonds. The van der Waals surface area contributed by atoms with E-state index < -0.39 is 22.8 Å². The molecule has 7 heteroatoms. The van der Waals surface area contributed by atoms with E-state index in [2.05, 4.69) is 5.32 Å². The molecule has 0 aliphatic heterocycles. The van der Waals surface area contributed by atoms with Crippen molar-refractivity contribution in [3.8, 4) is 0 Å². The predicted molar refractivity (Wildman–Crippen MR) is 81.8 cm³/mol. The summed E-state index contributed by atoms with van der Waals surface area (Å²) in [5.74, 6) is -1.64. The van der Waals surface area contributed by atoms with Crippen molar-refractivity contribution in [1.29, 1.82) is 0 Å². The van der Waals surface area contributed by atoms with Gasteiger partial charge in [0.2, 0.25) is 5.91 Å². The molecule has 0 bridgehead atoms. The van der Waals surface area contributed by atoms with Crippen molar-refractivity contribution in [1.82, 2.24) is 5.32 Å². The van der Waals surface area contributed by atoms with E-state index in [4.69, 9.17) is 0 Å². The van der Waals surface area contributed by atoms with Gasteiger partial charge in [0.1, 0.15) is 0 Å². The summed E-state index contributed by atoms with van der Waals surface area (Å²) in [5, 5.41) is 22.3. The Kier molecular flexibility index (Phi) is 5.03. The SMILES string of the molecule is O=C(Cc1ccc([N+](=O)[O-])cc1)N[C@H](C(=O)O)c1ccccc1. The van der Waals surface area contributed by atoms with Crippen LogP contribution in [0.2, 0.25) is 0 Å². The Labute approximate surface area is 131 Å². The lowest BCUT2D eigenvalue weighted by atomic mass is 10.1. The van der Waals surface area contributed by atoms with Crippen LogP contribution in [-0.2, 0) is 16.0 Å². The molecule has 2 N–H and O–H groups in total. The molecule has 0 aromatic heterocycles. The van der Waals surface area contributed by atoms with E-state index in [9.17, 15) is 24.8 Å². The summed E-state index contributed by atoms with van der Waals surface area (Å²) in [7, 11) is 0. The number of hydrogen-bond acceptors (Lipinski definition) is 4. The average molecular weight is 314 g/mol. The van der Waals surface area contributed by atoms with Gasteiger partial charge in [-0.05, 0) is 11.1 Å². The summed E-state index contributed by atoms with van der Waals surface area (Å²) in [5.41, 5.74) is 0.962. The first kappa shape index (κ1) is 16.2. The standard InChI is InChI=1S/C16H14N2O5/c19-14(10-11-6-8-13(9-7-11)18(22)23)17-15(16(20)21)12-4-2-1-3-5-12/h1-9,15H,10H2,(H,17,19)(H,20,21)/t15-/m0/s1. The van der Waals surface area contributed by atoms with Crippen molar-refractivity contribution in [3.63, 3.8) is 0 Å². The summed E-state index contributed by atoms with van der Waals surface area (Å²) in [6, 6.07) is 12.8. The summed E-state index contributed by atoms with van der Waals surface area (Å²) >= 11 is 0. The number of rotatable bonds is 6. The molecule has 23 heavy (non-hydrogen) atoms. The van der Waals surface area contributed by atoms with Gasteiger partial charge >= 0.3 is 5.97 Å². The summed E-state index contributed by atoms with van der Waals surface area (Å²) in [6.07, 6.45) is -0.0609. The van der Waals surface area contributed by atoms with E-state index in [0.29, 0.717) is 11.1 Å². The minimum atomic E-state index is -1.16. The number of carboxylic acids is 1. The van der Waals surface area contributed by atoms with Gasteiger partial charge in [-0.3, -0.25) is 14.9 Å². The minimum absolute atomic E-state index is 0.0609. The Balaban J connectivity index is 2.05. The van der Waals surface area contributed by atoms with Crippen molar-refractivity contribution >= 4 is 17.6 Å². The first-order chi connectivity index (χ1) is 11.0. The molecular formula is C16H14N2O5. The van der Waals surface area contributed by atoms with Crippen LogP contribution < -0.4 is 5.32 Å². The molecule has 0 unspecified atom stereocenters. The maximum absolute atomic E-state index is 12.0. The number of non-ortho nitro benzene ring substituents is 1. The van der Waals surface area contributed by atoms with Gasteiger partial charge in [0.25, 0.3) is 5.69 Å². The lowest BCUT2D eigenvalue weighted by Crippen LogP contribution is -2.34. The Hall–Kier alpha value is -3.22. The monoisotopic (exact) mass is 314 g/mol. The van der Waals surface area contributed by atoms with E-state index in [1.807, 2.05) is 0 Å². The average Bonchev–Trinajstić information content (AvgIpc) is 2.53. The van der Waals surface area contributed by atoms with Crippen LogP contribution in [0, 0.1) is 10.1 Å². The van der Waals surface area contributed by atoms with Gasteiger partial charge in [-0.2, -0.15) is 0 Å². The first-order valence-corrected chi connectivity index (χ1v) is 6.78. The molecule has 118 valence electrons. The lowest BCUT2D eigenvalue weighted by molar-refractivity contribution is -0.384. The second-order valence-electron chi connectivity index (χ2n) is 4.85. The molecule has 2 aromatic carbocycles. The lowest BCUT2D eigenvalue weighted by Gasteiger charge is -2.14. The minimum Gasteiger partial charge on any atom is -0.479 e. The number of nitrogens with zero attached hydrogens (tertiary/aromatic N) is 1. The summed E-state index contributed by atoms with van der Waals surface area (Å²) < 4.78 is 0. The van der Waals surface area contributed by atoms with Gasteiger partial charge in [-0.1, -0.05) is 42.5 Å². The Morgan fingerprint density at radius 2 is 1.70 bits per heavy atom. The molecule has 0 spiro atoms.